The van der Waals surface area contributed by atoms with Crippen LogP contribution in [0.1, 0.15) is 44.1 Å². The molecule has 0 bridgehead atoms. The first-order valence-electron chi connectivity index (χ1n) is 8.73. The average molecular weight is 368 g/mol. The first-order chi connectivity index (χ1) is 11.9. The highest BCUT2D eigenvalue weighted by Crippen LogP contribution is 2.37. The third-order valence-electron chi connectivity index (χ3n) is 4.95. The second-order valence-electron chi connectivity index (χ2n) is 6.78. The molecule has 0 aromatic heterocycles. The Labute approximate surface area is 153 Å². The zero-order valence-electron chi connectivity index (χ0n) is 14.6. The van der Waals surface area contributed by atoms with Crippen molar-refractivity contribution < 1.29 is 19.4 Å². The summed E-state index contributed by atoms with van der Waals surface area (Å²) in [6.45, 7) is 0.587. The molecular formula is C19H26ClNO4. The molecule has 1 aromatic carbocycles. The van der Waals surface area contributed by atoms with Crippen LogP contribution in [-0.4, -0.2) is 36.2 Å². The number of aliphatic carboxylic acids is 1. The summed E-state index contributed by atoms with van der Waals surface area (Å²) in [5.41, 5.74) is 0.533. The van der Waals surface area contributed by atoms with Crippen LogP contribution >= 0.6 is 11.6 Å². The molecule has 1 aliphatic rings. The van der Waals surface area contributed by atoms with Gasteiger partial charge >= 0.3 is 5.97 Å². The van der Waals surface area contributed by atoms with Crippen LogP contribution in [0.25, 0.3) is 0 Å². The first-order valence-corrected chi connectivity index (χ1v) is 9.11. The van der Waals surface area contributed by atoms with Gasteiger partial charge in [0.1, 0.15) is 0 Å². The smallest absolute Gasteiger partial charge is 0.306 e. The van der Waals surface area contributed by atoms with Gasteiger partial charge in [0.2, 0.25) is 5.91 Å². The molecule has 2 atom stereocenters. The number of aryl methyl sites for hydroxylation is 1. The normalized spacial score (nSPS) is 23.2. The Balaban J connectivity index is 1.76. The van der Waals surface area contributed by atoms with Gasteiger partial charge in [-0.05, 0) is 56.2 Å². The average Bonchev–Trinajstić information content (AvgIpc) is 2.60. The van der Waals surface area contributed by atoms with Crippen LogP contribution < -0.4 is 5.32 Å². The second-order valence-corrected chi connectivity index (χ2v) is 7.21. The number of rotatable bonds is 8. The van der Waals surface area contributed by atoms with E-state index < -0.39 is 17.5 Å². The lowest BCUT2D eigenvalue weighted by Crippen LogP contribution is -2.44. The molecule has 5 nitrogen and oxygen atoms in total. The number of hydrogen-bond donors (Lipinski definition) is 2. The van der Waals surface area contributed by atoms with Gasteiger partial charge in [-0.1, -0.05) is 23.7 Å². The van der Waals surface area contributed by atoms with Gasteiger partial charge in [-0.15, -0.1) is 0 Å². The Kier molecular flexibility index (Phi) is 7.26. The van der Waals surface area contributed by atoms with Gasteiger partial charge in [-0.2, -0.15) is 0 Å². The number of carboxylic acids is 1. The molecular weight excluding hydrogens is 342 g/mol. The molecule has 6 heteroatoms. The van der Waals surface area contributed by atoms with Gasteiger partial charge in [-0.25, -0.2) is 0 Å². The van der Waals surface area contributed by atoms with E-state index in [-0.39, 0.29) is 12.3 Å². The van der Waals surface area contributed by atoms with E-state index in [9.17, 15) is 14.7 Å². The van der Waals surface area contributed by atoms with Gasteiger partial charge in [-0.3, -0.25) is 9.59 Å². The monoisotopic (exact) mass is 367 g/mol. The molecule has 1 aliphatic carbocycles. The Morgan fingerprint density at radius 2 is 2.08 bits per heavy atom. The number of carboxylic acid groups (broad SMARTS) is 1. The maximum absolute atomic E-state index is 12.3. The van der Waals surface area contributed by atoms with Gasteiger partial charge < -0.3 is 15.2 Å². The lowest BCUT2D eigenvalue weighted by Gasteiger charge is -2.38. The maximum Gasteiger partial charge on any atom is 0.306 e. The predicted molar refractivity (Wildman–Crippen MR) is 96.7 cm³/mol. The zero-order chi connectivity index (χ0) is 18.3. The number of nitrogens with one attached hydrogen (secondary N) is 1. The van der Waals surface area contributed by atoms with E-state index in [1.54, 1.807) is 7.11 Å². The number of carbonyl (C=O) groups is 2. The standard InChI is InChI=1S/C19H26ClNO4/c1-25-19(10-2-5-15(12-19)18(23)24)13-17(22)21-11-3-4-14-6-8-16(20)9-7-14/h6-9,15H,2-5,10-13H2,1H3,(H,21,22)(H,23,24)/t15-,19?/m0/s1. The van der Waals surface area contributed by atoms with Crippen molar-refractivity contribution in [2.75, 3.05) is 13.7 Å². The van der Waals surface area contributed by atoms with Crippen LogP contribution in [0.3, 0.4) is 0 Å². The Bertz CT molecular complexity index is 590. The number of amides is 1. The van der Waals surface area contributed by atoms with E-state index in [4.69, 9.17) is 16.3 Å². The van der Waals surface area contributed by atoms with Gasteiger partial charge in [0, 0.05) is 18.7 Å². The summed E-state index contributed by atoms with van der Waals surface area (Å²) in [5.74, 6) is -1.31. The molecule has 1 aromatic rings. The third kappa shape index (κ3) is 6.01. The molecule has 138 valence electrons. The van der Waals surface area contributed by atoms with Gasteiger partial charge in [0.15, 0.2) is 0 Å². The summed E-state index contributed by atoms with van der Waals surface area (Å²) in [5, 5.41) is 12.9. The third-order valence-corrected chi connectivity index (χ3v) is 5.20. The largest absolute Gasteiger partial charge is 0.481 e. The summed E-state index contributed by atoms with van der Waals surface area (Å²) in [4.78, 5) is 23.5. The van der Waals surface area contributed by atoms with Crippen LogP contribution in [-0.2, 0) is 20.7 Å². The first kappa shape index (κ1) is 19.7. The highest BCUT2D eigenvalue weighted by molar-refractivity contribution is 6.30. The van der Waals surface area contributed by atoms with E-state index in [1.807, 2.05) is 24.3 Å². The summed E-state index contributed by atoms with van der Waals surface area (Å²) in [7, 11) is 1.57. The summed E-state index contributed by atoms with van der Waals surface area (Å²) in [6, 6.07) is 7.69. The lowest BCUT2D eigenvalue weighted by molar-refractivity contribution is -0.150. The number of halogens is 1. The Morgan fingerprint density at radius 3 is 2.72 bits per heavy atom. The highest BCUT2D eigenvalue weighted by atomic mass is 35.5. The molecule has 25 heavy (non-hydrogen) atoms. The molecule has 0 aliphatic heterocycles. The fourth-order valence-corrected chi connectivity index (χ4v) is 3.61. The van der Waals surface area contributed by atoms with Crippen molar-refractivity contribution >= 4 is 23.5 Å². The summed E-state index contributed by atoms with van der Waals surface area (Å²) >= 11 is 5.86. The SMILES string of the molecule is COC1(CC(=O)NCCCc2ccc(Cl)cc2)CCC[C@H](C(=O)O)C1. The zero-order valence-corrected chi connectivity index (χ0v) is 15.3. The number of benzene rings is 1. The number of ether oxygens (including phenoxy) is 1. The van der Waals surface area contributed by atoms with Crippen LogP contribution in [0, 0.1) is 5.92 Å². The fraction of sp³-hybridized carbons (Fsp3) is 0.579. The number of carbonyl (C=O) groups excluding carboxylic acids is 1. The number of methoxy groups -OCH3 is 1. The van der Waals surface area contributed by atoms with Crippen molar-refractivity contribution in [1.29, 1.82) is 0 Å². The quantitative estimate of drug-likeness (QED) is 0.690. The van der Waals surface area contributed by atoms with E-state index in [1.165, 1.54) is 5.56 Å². The van der Waals surface area contributed by atoms with Crippen molar-refractivity contribution in [1.82, 2.24) is 5.32 Å². The second kappa shape index (κ2) is 9.20. The van der Waals surface area contributed by atoms with Crippen LogP contribution in [0.4, 0.5) is 0 Å². The molecule has 1 unspecified atom stereocenters. The van der Waals surface area contributed by atoms with Crippen LogP contribution in [0.2, 0.25) is 5.02 Å². The number of hydrogen-bond acceptors (Lipinski definition) is 3. The molecule has 0 heterocycles. The minimum atomic E-state index is -0.801. The van der Waals surface area contributed by atoms with Crippen molar-refractivity contribution in [3.63, 3.8) is 0 Å². The van der Waals surface area contributed by atoms with Crippen LogP contribution in [0.5, 0.6) is 0 Å². The Hall–Kier alpha value is -1.59. The van der Waals surface area contributed by atoms with E-state index >= 15 is 0 Å². The Morgan fingerprint density at radius 1 is 1.36 bits per heavy atom. The van der Waals surface area contributed by atoms with Crippen molar-refractivity contribution in [2.45, 2.75) is 50.5 Å². The van der Waals surface area contributed by atoms with Gasteiger partial charge in [0.05, 0.1) is 17.9 Å². The van der Waals surface area contributed by atoms with E-state index in [0.717, 1.165) is 25.7 Å². The molecule has 1 saturated carbocycles. The summed E-state index contributed by atoms with van der Waals surface area (Å²) < 4.78 is 5.58. The molecule has 1 amide bonds. The van der Waals surface area contributed by atoms with Crippen molar-refractivity contribution in [3.05, 3.63) is 34.9 Å². The maximum atomic E-state index is 12.3. The molecule has 0 radical (unpaired) electrons. The molecule has 1 fully saturated rings. The molecule has 2 rings (SSSR count). The van der Waals surface area contributed by atoms with Crippen molar-refractivity contribution in [3.8, 4) is 0 Å². The topological polar surface area (TPSA) is 75.6 Å². The predicted octanol–water partition coefficient (Wildman–Crippen LogP) is 3.44. The van der Waals surface area contributed by atoms with Crippen molar-refractivity contribution in [2.24, 2.45) is 5.92 Å². The molecule has 2 N–H and O–H groups in total. The molecule has 0 saturated heterocycles. The lowest BCUT2D eigenvalue weighted by atomic mass is 9.76. The molecule has 0 spiro atoms. The van der Waals surface area contributed by atoms with Gasteiger partial charge in [0.25, 0.3) is 0 Å². The minimum absolute atomic E-state index is 0.0796. The minimum Gasteiger partial charge on any atom is -0.481 e. The summed E-state index contributed by atoms with van der Waals surface area (Å²) in [6.07, 6.45) is 4.48. The highest BCUT2D eigenvalue weighted by Gasteiger charge is 2.40. The van der Waals surface area contributed by atoms with Crippen LogP contribution in [0.15, 0.2) is 24.3 Å². The van der Waals surface area contributed by atoms with E-state index in [0.29, 0.717) is 24.4 Å². The fourth-order valence-electron chi connectivity index (χ4n) is 3.48. The van der Waals surface area contributed by atoms with E-state index in [2.05, 4.69) is 5.32 Å².